The summed E-state index contributed by atoms with van der Waals surface area (Å²) in [4.78, 5) is 0. The molecule has 4 rings (SSSR count). The summed E-state index contributed by atoms with van der Waals surface area (Å²) < 4.78 is 2.27. The van der Waals surface area contributed by atoms with Crippen molar-refractivity contribution in [1.29, 1.82) is 0 Å². The number of aryl methyl sites for hydroxylation is 1. The van der Waals surface area contributed by atoms with Crippen molar-refractivity contribution in [3.8, 4) is 0 Å². The predicted molar refractivity (Wildman–Crippen MR) is 106 cm³/mol. The van der Waals surface area contributed by atoms with E-state index < -0.39 is 0 Å². The number of aliphatic hydroxyl groups is 1. The van der Waals surface area contributed by atoms with Gasteiger partial charge in [-0.3, -0.25) is 0 Å². The molecule has 0 amide bonds. The van der Waals surface area contributed by atoms with Crippen molar-refractivity contribution in [2.24, 2.45) is 7.05 Å². The van der Waals surface area contributed by atoms with E-state index in [4.69, 9.17) is 0 Å². The first-order valence-corrected chi connectivity index (χ1v) is 8.75. The maximum absolute atomic E-state index is 9.44. The molecule has 0 atom stereocenters. The average Bonchev–Trinajstić information content (AvgIpc) is 2.92. The first-order chi connectivity index (χ1) is 12.0. The minimum absolute atomic E-state index is 0.119. The third-order valence-corrected chi connectivity index (χ3v) is 5.13. The first-order valence-electron chi connectivity index (χ1n) is 8.75. The molecular formula is C22H24N2O. The summed E-state index contributed by atoms with van der Waals surface area (Å²) in [6.45, 7) is 4.88. The molecule has 25 heavy (non-hydrogen) atoms. The van der Waals surface area contributed by atoms with Gasteiger partial charge in [0.05, 0.1) is 6.61 Å². The Hall–Kier alpha value is -2.36. The van der Waals surface area contributed by atoms with Crippen LogP contribution in [0.3, 0.4) is 0 Å². The van der Waals surface area contributed by atoms with E-state index in [1.807, 2.05) is 13.8 Å². The molecule has 0 aliphatic rings. The Balaban J connectivity index is 1.91. The highest BCUT2D eigenvalue weighted by Crippen LogP contribution is 2.34. The lowest BCUT2D eigenvalue weighted by Gasteiger charge is -2.23. The van der Waals surface area contributed by atoms with Gasteiger partial charge in [-0.1, -0.05) is 36.4 Å². The van der Waals surface area contributed by atoms with Gasteiger partial charge in [0.25, 0.3) is 0 Å². The Morgan fingerprint density at radius 1 is 0.960 bits per heavy atom. The number of hydrogen-bond donors (Lipinski definition) is 2. The lowest BCUT2D eigenvalue weighted by Crippen LogP contribution is -2.42. The minimum atomic E-state index is -0.277. The van der Waals surface area contributed by atoms with Gasteiger partial charge in [0.1, 0.15) is 0 Å². The summed E-state index contributed by atoms with van der Waals surface area (Å²) >= 11 is 0. The number of rotatable bonds is 4. The summed E-state index contributed by atoms with van der Waals surface area (Å²) in [5.41, 5.74) is 3.46. The molecule has 1 heterocycles. The molecule has 0 aliphatic carbocycles. The van der Waals surface area contributed by atoms with Crippen LogP contribution in [-0.4, -0.2) is 21.8 Å². The second kappa shape index (κ2) is 5.87. The van der Waals surface area contributed by atoms with E-state index in [2.05, 4.69) is 71.5 Å². The normalized spacial score (nSPS) is 12.5. The summed E-state index contributed by atoms with van der Waals surface area (Å²) in [6, 6.07) is 19.6. The number of benzene rings is 3. The smallest absolute Gasteiger partial charge is 0.0607 e. The molecule has 0 saturated heterocycles. The monoisotopic (exact) mass is 332 g/mol. The van der Waals surface area contributed by atoms with Crippen LogP contribution in [-0.2, 0) is 13.6 Å². The van der Waals surface area contributed by atoms with Gasteiger partial charge in [-0.05, 0) is 48.4 Å². The van der Waals surface area contributed by atoms with Gasteiger partial charge >= 0.3 is 0 Å². The van der Waals surface area contributed by atoms with Crippen LogP contribution in [0.1, 0.15) is 19.4 Å². The topological polar surface area (TPSA) is 37.2 Å². The van der Waals surface area contributed by atoms with Crippen molar-refractivity contribution >= 4 is 32.6 Å². The zero-order valence-electron chi connectivity index (χ0n) is 15.0. The lowest BCUT2D eigenvalue weighted by atomic mass is 10.0. The van der Waals surface area contributed by atoms with Crippen molar-refractivity contribution < 1.29 is 5.11 Å². The SMILES string of the molecule is Cn1c2ccc(CNC(C)(C)CO)cc2c2c3ccccc3ccc21. The Kier molecular flexibility index (Phi) is 3.78. The molecule has 1 aromatic heterocycles. The number of hydrogen-bond acceptors (Lipinski definition) is 2. The molecule has 3 nitrogen and oxygen atoms in total. The van der Waals surface area contributed by atoms with E-state index in [1.165, 1.54) is 38.1 Å². The summed E-state index contributed by atoms with van der Waals surface area (Å²) in [5, 5.41) is 18.0. The molecular weight excluding hydrogens is 308 g/mol. The van der Waals surface area contributed by atoms with E-state index in [-0.39, 0.29) is 12.1 Å². The van der Waals surface area contributed by atoms with Gasteiger partial charge < -0.3 is 15.0 Å². The van der Waals surface area contributed by atoms with Crippen molar-refractivity contribution in [2.45, 2.75) is 25.9 Å². The molecule has 0 saturated carbocycles. The van der Waals surface area contributed by atoms with Crippen molar-refractivity contribution in [1.82, 2.24) is 9.88 Å². The minimum Gasteiger partial charge on any atom is -0.394 e. The van der Waals surface area contributed by atoms with Crippen LogP contribution in [0.4, 0.5) is 0 Å². The van der Waals surface area contributed by atoms with Crippen LogP contribution < -0.4 is 5.32 Å². The third kappa shape index (κ3) is 2.70. The fourth-order valence-electron chi connectivity index (χ4n) is 3.54. The van der Waals surface area contributed by atoms with Crippen LogP contribution in [0.5, 0.6) is 0 Å². The standard InChI is InChI=1S/C22H24N2O/c1-22(2,14-25)23-13-15-8-10-19-18(12-15)21-17-7-5-4-6-16(17)9-11-20(21)24(19)3/h4-12,23,25H,13-14H2,1-3H3. The van der Waals surface area contributed by atoms with Crippen LogP contribution in [0.25, 0.3) is 32.6 Å². The summed E-state index contributed by atoms with van der Waals surface area (Å²) in [5.74, 6) is 0. The van der Waals surface area contributed by atoms with Gasteiger partial charge in [0.2, 0.25) is 0 Å². The molecule has 3 aromatic carbocycles. The third-order valence-electron chi connectivity index (χ3n) is 5.13. The van der Waals surface area contributed by atoms with E-state index in [9.17, 15) is 5.11 Å². The molecule has 0 spiro atoms. The molecule has 0 bridgehead atoms. The van der Waals surface area contributed by atoms with Gasteiger partial charge in [-0.2, -0.15) is 0 Å². The molecule has 3 heteroatoms. The highest BCUT2D eigenvalue weighted by molar-refractivity contribution is 6.20. The number of aromatic nitrogens is 1. The highest BCUT2D eigenvalue weighted by atomic mass is 16.3. The highest BCUT2D eigenvalue weighted by Gasteiger charge is 2.16. The van der Waals surface area contributed by atoms with Crippen LogP contribution in [0, 0.1) is 0 Å². The fourth-order valence-corrected chi connectivity index (χ4v) is 3.54. The van der Waals surface area contributed by atoms with Gasteiger partial charge in [0, 0.05) is 40.9 Å². The van der Waals surface area contributed by atoms with E-state index in [0.717, 1.165) is 6.54 Å². The Labute approximate surface area is 147 Å². The lowest BCUT2D eigenvalue weighted by molar-refractivity contribution is 0.187. The number of nitrogens with zero attached hydrogens (tertiary/aromatic N) is 1. The number of aliphatic hydroxyl groups excluding tert-OH is 1. The maximum Gasteiger partial charge on any atom is 0.0607 e. The van der Waals surface area contributed by atoms with Gasteiger partial charge in [0.15, 0.2) is 0 Å². The van der Waals surface area contributed by atoms with Crippen LogP contribution in [0.15, 0.2) is 54.6 Å². The quantitative estimate of drug-likeness (QED) is 0.583. The zero-order valence-corrected chi connectivity index (χ0v) is 15.0. The number of fused-ring (bicyclic) bond motifs is 5. The zero-order chi connectivity index (χ0) is 17.6. The molecule has 128 valence electrons. The van der Waals surface area contributed by atoms with E-state index in [0.29, 0.717) is 0 Å². The Morgan fingerprint density at radius 3 is 2.52 bits per heavy atom. The van der Waals surface area contributed by atoms with E-state index in [1.54, 1.807) is 0 Å². The molecule has 0 radical (unpaired) electrons. The Morgan fingerprint density at radius 2 is 1.72 bits per heavy atom. The molecule has 0 unspecified atom stereocenters. The average molecular weight is 332 g/mol. The molecule has 2 N–H and O–H groups in total. The maximum atomic E-state index is 9.44. The second-order valence-electron chi connectivity index (χ2n) is 7.49. The van der Waals surface area contributed by atoms with Crippen molar-refractivity contribution in [3.05, 3.63) is 60.2 Å². The van der Waals surface area contributed by atoms with Crippen molar-refractivity contribution in [2.75, 3.05) is 6.61 Å². The second-order valence-corrected chi connectivity index (χ2v) is 7.49. The largest absolute Gasteiger partial charge is 0.394 e. The summed E-state index contributed by atoms with van der Waals surface area (Å²) in [6.07, 6.45) is 0. The number of nitrogens with one attached hydrogen (secondary N) is 1. The van der Waals surface area contributed by atoms with Crippen molar-refractivity contribution in [3.63, 3.8) is 0 Å². The van der Waals surface area contributed by atoms with Crippen LogP contribution >= 0.6 is 0 Å². The molecule has 4 aromatic rings. The Bertz CT molecular complexity index is 1080. The molecule has 0 fully saturated rings. The van der Waals surface area contributed by atoms with E-state index >= 15 is 0 Å². The molecule has 0 aliphatic heterocycles. The summed E-state index contributed by atoms with van der Waals surface area (Å²) in [7, 11) is 2.13. The fraction of sp³-hybridized carbons (Fsp3) is 0.273. The predicted octanol–water partition coefficient (Wildman–Crippen LogP) is 4.35. The first kappa shape index (κ1) is 16.1. The van der Waals surface area contributed by atoms with Crippen LogP contribution in [0.2, 0.25) is 0 Å². The van der Waals surface area contributed by atoms with Gasteiger partial charge in [-0.15, -0.1) is 0 Å². The van der Waals surface area contributed by atoms with Gasteiger partial charge in [-0.25, -0.2) is 0 Å².